The lowest BCUT2D eigenvalue weighted by atomic mass is 9.84. The number of nitrogens with one attached hydrogen (secondary N) is 2. The van der Waals surface area contributed by atoms with Crippen LogP contribution in [0.4, 0.5) is 36.3 Å². The van der Waals surface area contributed by atoms with Gasteiger partial charge >= 0.3 is 6.18 Å². The van der Waals surface area contributed by atoms with Crippen molar-refractivity contribution < 1.29 is 17.9 Å². The van der Waals surface area contributed by atoms with Gasteiger partial charge in [-0.05, 0) is 81.5 Å². The maximum atomic E-state index is 13.6. The number of anilines is 4. The SMILES string of the molecule is CC(C)(C)Oc1ccc(Nc2ncc(C(F)(F)F)c(Nc3ccc(C4CCCCC4)cc3)n2)cc1. The maximum absolute atomic E-state index is 13.6. The molecule has 1 saturated carbocycles. The summed E-state index contributed by atoms with van der Waals surface area (Å²) >= 11 is 0. The second-order valence-electron chi connectivity index (χ2n) is 9.90. The summed E-state index contributed by atoms with van der Waals surface area (Å²) in [6, 6.07) is 14.7. The van der Waals surface area contributed by atoms with Crippen LogP contribution in [0.2, 0.25) is 0 Å². The first-order valence-electron chi connectivity index (χ1n) is 11.9. The fourth-order valence-corrected chi connectivity index (χ4v) is 4.25. The summed E-state index contributed by atoms with van der Waals surface area (Å²) < 4.78 is 46.7. The van der Waals surface area contributed by atoms with Crippen LogP contribution in [0.3, 0.4) is 0 Å². The van der Waals surface area contributed by atoms with E-state index in [1.807, 2.05) is 45.0 Å². The molecule has 1 aliphatic carbocycles. The topological polar surface area (TPSA) is 59.1 Å². The number of rotatable bonds is 6. The van der Waals surface area contributed by atoms with Crippen LogP contribution in [0.15, 0.2) is 54.7 Å². The van der Waals surface area contributed by atoms with E-state index in [1.54, 1.807) is 24.3 Å². The van der Waals surface area contributed by atoms with Gasteiger partial charge in [0.25, 0.3) is 0 Å². The van der Waals surface area contributed by atoms with Gasteiger partial charge in [-0.25, -0.2) is 4.98 Å². The largest absolute Gasteiger partial charge is 0.488 e. The summed E-state index contributed by atoms with van der Waals surface area (Å²) in [5, 5.41) is 5.80. The number of hydrogen-bond acceptors (Lipinski definition) is 5. The predicted molar refractivity (Wildman–Crippen MR) is 133 cm³/mol. The average molecular weight is 485 g/mol. The highest BCUT2D eigenvalue weighted by Gasteiger charge is 2.35. The van der Waals surface area contributed by atoms with Crippen molar-refractivity contribution in [2.24, 2.45) is 0 Å². The van der Waals surface area contributed by atoms with Gasteiger partial charge in [-0.15, -0.1) is 0 Å². The number of halogens is 3. The first kappa shape index (κ1) is 24.8. The van der Waals surface area contributed by atoms with E-state index >= 15 is 0 Å². The molecule has 0 radical (unpaired) electrons. The van der Waals surface area contributed by atoms with Crippen molar-refractivity contribution >= 4 is 23.1 Å². The molecule has 0 atom stereocenters. The Bertz CT molecular complexity index is 1120. The average Bonchev–Trinajstić information content (AvgIpc) is 2.80. The lowest BCUT2D eigenvalue weighted by molar-refractivity contribution is -0.137. The fourth-order valence-electron chi connectivity index (χ4n) is 4.25. The minimum Gasteiger partial charge on any atom is -0.488 e. The standard InChI is InChI=1S/C27H31F3N4O/c1-26(2,3)35-22-15-13-21(14-16-22)33-25-31-17-23(27(28,29)30)24(34-25)32-20-11-9-19(10-12-20)18-7-5-4-6-8-18/h9-18H,4-8H2,1-3H3,(H2,31,32,33,34). The third kappa shape index (κ3) is 6.87. The van der Waals surface area contributed by atoms with E-state index in [9.17, 15) is 13.2 Å². The van der Waals surface area contributed by atoms with E-state index in [0.717, 1.165) is 19.0 Å². The van der Waals surface area contributed by atoms with Crippen LogP contribution in [0.5, 0.6) is 5.75 Å². The molecule has 0 aliphatic heterocycles. The highest BCUT2D eigenvalue weighted by atomic mass is 19.4. The third-order valence-electron chi connectivity index (χ3n) is 5.88. The molecule has 3 aromatic rings. The molecule has 0 amide bonds. The Labute approximate surface area is 204 Å². The first-order chi connectivity index (χ1) is 16.6. The Morgan fingerprint density at radius 2 is 1.43 bits per heavy atom. The zero-order valence-electron chi connectivity index (χ0n) is 20.2. The second-order valence-corrected chi connectivity index (χ2v) is 9.90. The molecule has 0 spiro atoms. The van der Waals surface area contributed by atoms with E-state index in [-0.39, 0.29) is 17.4 Å². The molecule has 0 unspecified atom stereocenters. The van der Waals surface area contributed by atoms with Gasteiger partial charge in [0.2, 0.25) is 5.95 Å². The molecule has 2 N–H and O–H groups in total. The van der Waals surface area contributed by atoms with Gasteiger partial charge in [0.05, 0.1) is 0 Å². The van der Waals surface area contributed by atoms with Crippen LogP contribution >= 0.6 is 0 Å². The normalized spacial score (nSPS) is 15.0. The van der Waals surface area contributed by atoms with E-state index in [1.165, 1.54) is 24.8 Å². The van der Waals surface area contributed by atoms with Gasteiger partial charge in [-0.3, -0.25) is 0 Å². The van der Waals surface area contributed by atoms with Crippen LogP contribution in [0.1, 0.15) is 69.9 Å². The van der Waals surface area contributed by atoms with Crippen LogP contribution in [-0.2, 0) is 6.18 Å². The Hall–Kier alpha value is -3.29. The number of ether oxygens (including phenoxy) is 1. The summed E-state index contributed by atoms with van der Waals surface area (Å²) in [5.74, 6) is 0.978. The third-order valence-corrected chi connectivity index (χ3v) is 5.88. The molecule has 4 rings (SSSR count). The van der Waals surface area contributed by atoms with Crippen molar-refractivity contribution in [3.05, 3.63) is 65.9 Å². The second kappa shape index (κ2) is 10.1. The Morgan fingerprint density at radius 1 is 0.829 bits per heavy atom. The molecule has 186 valence electrons. The van der Waals surface area contributed by atoms with Crippen molar-refractivity contribution in [1.29, 1.82) is 0 Å². The van der Waals surface area contributed by atoms with Crippen LogP contribution in [-0.4, -0.2) is 15.6 Å². The van der Waals surface area contributed by atoms with E-state index < -0.39 is 11.7 Å². The summed E-state index contributed by atoms with van der Waals surface area (Å²) in [6.07, 6.45) is 2.26. The van der Waals surface area contributed by atoms with Gasteiger partial charge in [0.1, 0.15) is 22.7 Å². The van der Waals surface area contributed by atoms with Crippen LogP contribution in [0.25, 0.3) is 0 Å². The maximum Gasteiger partial charge on any atom is 0.421 e. The number of aromatic nitrogens is 2. The van der Waals surface area contributed by atoms with Crippen molar-refractivity contribution in [1.82, 2.24) is 9.97 Å². The van der Waals surface area contributed by atoms with Gasteiger partial charge < -0.3 is 15.4 Å². The van der Waals surface area contributed by atoms with Crippen molar-refractivity contribution in [2.45, 2.75) is 70.6 Å². The molecule has 0 bridgehead atoms. The molecule has 2 aromatic carbocycles. The summed E-state index contributed by atoms with van der Waals surface area (Å²) in [4.78, 5) is 8.03. The summed E-state index contributed by atoms with van der Waals surface area (Å²) in [5.41, 5.74) is 1.15. The Balaban J connectivity index is 1.52. The zero-order valence-corrected chi connectivity index (χ0v) is 20.2. The molecule has 1 fully saturated rings. The fraction of sp³-hybridized carbons (Fsp3) is 0.407. The zero-order chi connectivity index (χ0) is 25.1. The smallest absolute Gasteiger partial charge is 0.421 e. The van der Waals surface area contributed by atoms with E-state index in [2.05, 4.69) is 20.6 Å². The van der Waals surface area contributed by atoms with Gasteiger partial charge in [0.15, 0.2) is 0 Å². The van der Waals surface area contributed by atoms with Crippen molar-refractivity contribution in [3.63, 3.8) is 0 Å². The van der Waals surface area contributed by atoms with Gasteiger partial charge in [-0.1, -0.05) is 31.4 Å². The highest BCUT2D eigenvalue weighted by Crippen LogP contribution is 2.37. The van der Waals surface area contributed by atoms with Crippen LogP contribution in [0, 0.1) is 0 Å². The summed E-state index contributed by atoms with van der Waals surface area (Å²) in [6.45, 7) is 5.85. The summed E-state index contributed by atoms with van der Waals surface area (Å²) in [7, 11) is 0. The first-order valence-corrected chi connectivity index (χ1v) is 11.9. The minimum absolute atomic E-state index is 0.0591. The van der Waals surface area contributed by atoms with Gasteiger partial charge in [0, 0.05) is 17.6 Å². The monoisotopic (exact) mass is 484 g/mol. The van der Waals surface area contributed by atoms with Crippen molar-refractivity contribution in [3.8, 4) is 5.75 Å². The molecule has 1 heterocycles. The van der Waals surface area contributed by atoms with Crippen LogP contribution < -0.4 is 15.4 Å². The molecule has 35 heavy (non-hydrogen) atoms. The molecule has 0 saturated heterocycles. The number of alkyl halides is 3. The number of nitrogens with zero attached hydrogens (tertiary/aromatic N) is 2. The number of benzene rings is 2. The lowest BCUT2D eigenvalue weighted by Gasteiger charge is -2.22. The van der Waals surface area contributed by atoms with Crippen molar-refractivity contribution in [2.75, 3.05) is 10.6 Å². The Kier molecular flexibility index (Phi) is 7.19. The van der Waals surface area contributed by atoms with E-state index in [0.29, 0.717) is 23.0 Å². The molecule has 1 aromatic heterocycles. The molecule has 5 nitrogen and oxygen atoms in total. The minimum atomic E-state index is -4.59. The lowest BCUT2D eigenvalue weighted by Crippen LogP contribution is -2.22. The highest BCUT2D eigenvalue weighted by molar-refractivity contribution is 5.63. The molecular formula is C27H31F3N4O. The Morgan fingerprint density at radius 3 is 2.03 bits per heavy atom. The number of hydrogen-bond donors (Lipinski definition) is 2. The van der Waals surface area contributed by atoms with E-state index in [4.69, 9.17) is 4.74 Å². The molecule has 8 heteroatoms. The van der Waals surface area contributed by atoms with Gasteiger partial charge in [-0.2, -0.15) is 18.2 Å². The molecule has 1 aliphatic rings. The molecular weight excluding hydrogens is 453 g/mol. The quantitative estimate of drug-likeness (QED) is 0.369. The predicted octanol–water partition coefficient (Wildman–Crippen LogP) is 8.21.